The maximum absolute atomic E-state index is 13.0. The summed E-state index contributed by atoms with van der Waals surface area (Å²) in [5, 5.41) is 4.30. The molecule has 4 aromatic rings. The summed E-state index contributed by atoms with van der Waals surface area (Å²) in [6.07, 6.45) is -1.83. The number of amides is 1. The predicted molar refractivity (Wildman–Crippen MR) is 107 cm³/mol. The second kappa shape index (κ2) is 8.10. The lowest BCUT2D eigenvalue weighted by molar-refractivity contribution is -0.275. The van der Waals surface area contributed by atoms with Gasteiger partial charge in [0.25, 0.3) is 5.91 Å². The smallest absolute Gasteiger partial charge is 0.405 e. The van der Waals surface area contributed by atoms with E-state index in [9.17, 15) is 18.0 Å². The fourth-order valence-electron chi connectivity index (χ4n) is 3.26. The van der Waals surface area contributed by atoms with Gasteiger partial charge in [0.05, 0.1) is 11.9 Å². The molecule has 2 aromatic heterocycles. The van der Waals surface area contributed by atoms with Gasteiger partial charge >= 0.3 is 6.36 Å². The van der Waals surface area contributed by atoms with E-state index in [1.165, 1.54) is 36.3 Å². The molecule has 0 N–H and O–H groups in total. The van der Waals surface area contributed by atoms with Crippen molar-refractivity contribution in [3.63, 3.8) is 0 Å². The summed E-state index contributed by atoms with van der Waals surface area (Å²) >= 11 is 0. The van der Waals surface area contributed by atoms with Gasteiger partial charge < -0.3 is 9.64 Å². The van der Waals surface area contributed by atoms with E-state index in [0.717, 1.165) is 11.3 Å². The minimum Gasteiger partial charge on any atom is -0.405 e. The number of halogens is 3. The van der Waals surface area contributed by atoms with Crippen LogP contribution in [-0.4, -0.2) is 38.8 Å². The normalized spacial score (nSPS) is 11.5. The van der Waals surface area contributed by atoms with E-state index in [1.54, 1.807) is 22.8 Å². The Morgan fingerprint density at radius 2 is 1.77 bits per heavy atom. The number of carbonyl (C=O) groups excluding carboxylic acids is 1. The van der Waals surface area contributed by atoms with Crippen molar-refractivity contribution in [3.8, 4) is 17.0 Å². The molecule has 0 aliphatic rings. The van der Waals surface area contributed by atoms with Gasteiger partial charge in [-0.3, -0.25) is 4.79 Å². The number of hydrogen-bond donors (Lipinski definition) is 0. The lowest BCUT2D eigenvalue weighted by Gasteiger charge is -2.19. The largest absolute Gasteiger partial charge is 0.573 e. The van der Waals surface area contributed by atoms with Crippen molar-refractivity contribution in [2.75, 3.05) is 7.05 Å². The van der Waals surface area contributed by atoms with Gasteiger partial charge in [-0.1, -0.05) is 48.5 Å². The monoisotopic (exact) mass is 426 g/mol. The van der Waals surface area contributed by atoms with Gasteiger partial charge in [0, 0.05) is 30.9 Å². The van der Waals surface area contributed by atoms with Crippen molar-refractivity contribution >= 4 is 11.6 Å². The van der Waals surface area contributed by atoms with Crippen LogP contribution in [0.4, 0.5) is 13.2 Å². The average Bonchev–Trinajstić information content (AvgIpc) is 3.18. The third kappa shape index (κ3) is 4.35. The summed E-state index contributed by atoms with van der Waals surface area (Å²) in [4.78, 5) is 18.6. The Hall–Kier alpha value is -3.88. The molecule has 2 heterocycles. The van der Waals surface area contributed by atoms with Crippen LogP contribution in [0, 0.1) is 0 Å². The van der Waals surface area contributed by atoms with Crippen LogP contribution in [0.1, 0.15) is 15.9 Å². The first-order valence-electron chi connectivity index (χ1n) is 9.31. The average molecular weight is 426 g/mol. The molecule has 0 aliphatic heterocycles. The third-order valence-electron chi connectivity index (χ3n) is 4.65. The van der Waals surface area contributed by atoms with Crippen LogP contribution in [-0.2, 0) is 6.54 Å². The SMILES string of the molecule is CN(Cc1ccccc1OC(F)(F)F)C(=O)c1cnn2c(-c3ccccc3)ccnc12. The Kier molecular flexibility index (Phi) is 5.33. The molecular formula is C22H17F3N4O2. The molecule has 158 valence electrons. The van der Waals surface area contributed by atoms with E-state index in [1.807, 2.05) is 30.3 Å². The van der Waals surface area contributed by atoms with Crippen molar-refractivity contribution in [1.82, 2.24) is 19.5 Å². The summed E-state index contributed by atoms with van der Waals surface area (Å²) in [6, 6.07) is 17.0. The first kappa shape index (κ1) is 20.4. The van der Waals surface area contributed by atoms with Gasteiger partial charge in [0.2, 0.25) is 0 Å². The number of ether oxygens (including phenoxy) is 1. The molecule has 0 aliphatic carbocycles. The van der Waals surface area contributed by atoms with Crippen LogP contribution in [0.15, 0.2) is 73.1 Å². The molecule has 0 saturated heterocycles. The Balaban J connectivity index is 1.62. The summed E-state index contributed by atoms with van der Waals surface area (Å²) in [5.74, 6) is -0.770. The van der Waals surface area contributed by atoms with Crippen molar-refractivity contribution in [3.05, 3.63) is 84.2 Å². The Morgan fingerprint density at radius 3 is 2.52 bits per heavy atom. The molecule has 0 spiro atoms. The fourth-order valence-corrected chi connectivity index (χ4v) is 3.26. The molecule has 0 unspecified atom stereocenters. The maximum Gasteiger partial charge on any atom is 0.573 e. The number of carbonyl (C=O) groups is 1. The second-order valence-electron chi connectivity index (χ2n) is 6.81. The molecule has 0 fully saturated rings. The van der Waals surface area contributed by atoms with Gasteiger partial charge in [0.15, 0.2) is 5.65 Å². The zero-order valence-electron chi connectivity index (χ0n) is 16.4. The Bertz CT molecular complexity index is 1220. The summed E-state index contributed by atoms with van der Waals surface area (Å²) < 4.78 is 43.7. The van der Waals surface area contributed by atoms with Gasteiger partial charge in [-0.25, -0.2) is 9.50 Å². The Morgan fingerprint density at radius 1 is 1.06 bits per heavy atom. The molecule has 31 heavy (non-hydrogen) atoms. The lowest BCUT2D eigenvalue weighted by Crippen LogP contribution is -2.27. The number of benzene rings is 2. The van der Waals surface area contributed by atoms with Crippen LogP contribution in [0.3, 0.4) is 0 Å². The van der Waals surface area contributed by atoms with Crippen LogP contribution >= 0.6 is 0 Å². The number of nitrogens with zero attached hydrogens (tertiary/aromatic N) is 4. The van der Waals surface area contributed by atoms with Crippen molar-refractivity contribution < 1.29 is 22.7 Å². The quantitative estimate of drug-likeness (QED) is 0.469. The van der Waals surface area contributed by atoms with Gasteiger partial charge in [0.1, 0.15) is 11.3 Å². The molecule has 9 heteroatoms. The van der Waals surface area contributed by atoms with E-state index in [4.69, 9.17) is 0 Å². The van der Waals surface area contributed by atoms with Crippen molar-refractivity contribution in [2.24, 2.45) is 0 Å². The topological polar surface area (TPSA) is 59.7 Å². The van der Waals surface area contributed by atoms with Gasteiger partial charge in [-0.15, -0.1) is 13.2 Å². The van der Waals surface area contributed by atoms with E-state index in [-0.39, 0.29) is 23.4 Å². The number of hydrogen-bond acceptors (Lipinski definition) is 4. The van der Waals surface area contributed by atoms with E-state index >= 15 is 0 Å². The van der Waals surface area contributed by atoms with Crippen LogP contribution < -0.4 is 4.74 Å². The minimum atomic E-state index is -4.82. The molecule has 2 aromatic carbocycles. The highest BCUT2D eigenvalue weighted by molar-refractivity contribution is 5.99. The summed E-state index contributed by atoms with van der Waals surface area (Å²) in [5.41, 5.74) is 2.50. The Labute approximate surface area is 175 Å². The number of rotatable bonds is 5. The standard InChI is InChI=1S/C22H17F3N4O2/c1-28(14-16-9-5-6-10-19(16)31-22(23,24)25)21(30)17-13-27-29-18(11-12-26-20(17)29)15-7-3-2-4-8-15/h2-13H,14H2,1H3. The third-order valence-corrected chi connectivity index (χ3v) is 4.65. The molecular weight excluding hydrogens is 409 g/mol. The summed E-state index contributed by atoms with van der Waals surface area (Å²) in [7, 11) is 1.50. The van der Waals surface area contributed by atoms with Gasteiger partial charge in [-0.05, 0) is 12.1 Å². The zero-order chi connectivity index (χ0) is 22.0. The summed E-state index contributed by atoms with van der Waals surface area (Å²) in [6.45, 7) is -0.0825. The maximum atomic E-state index is 13.0. The highest BCUT2D eigenvalue weighted by Gasteiger charge is 2.32. The first-order valence-corrected chi connectivity index (χ1v) is 9.31. The second-order valence-corrected chi connectivity index (χ2v) is 6.81. The molecule has 4 rings (SSSR count). The predicted octanol–water partition coefficient (Wildman–Crippen LogP) is 4.57. The van der Waals surface area contributed by atoms with E-state index in [2.05, 4.69) is 14.8 Å². The van der Waals surface area contributed by atoms with Crippen molar-refractivity contribution in [2.45, 2.75) is 12.9 Å². The molecule has 0 saturated carbocycles. The zero-order valence-corrected chi connectivity index (χ0v) is 16.4. The van der Waals surface area contributed by atoms with Gasteiger partial charge in [-0.2, -0.15) is 5.10 Å². The number of aromatic nitrogens is 3. The van der Waals surface area contributed by atoms with E-state index in [0.29, 0.717) is 5.65 Å². The minimum absolute atomic E-state index is 0.0825. The number of alkyl halides is 3. The highest BCUT2D eigenvalue weighted by Crippen LogP contribution is 2.27. The number of fused-ring (bicyclic) bond motifs is 1. The first-order chi connectivity index (χ1) is 14.8. The molecule has 6 nitrogen and oxygen atoms in total. The molecule has 1 amide bonds. The van der Waals surface area contributed by atoms with E-state index < -0.39 is 12.3 Å². The molecule has 0 atom stereocenters. The number of para-hydroxylation sites is 1. The molecule has 0 bridgehead atoms. The molecule has 0 radical (unpaired) electrons. The highest BCUT2D eigenvalue weighted by atomic mass is 19.4. The van der Waals surface area contributed by atoms with Crippen LogP contribution in [0.25, 0.3) is 16.9 Å². The fraction of sp³-hybridized carbons (Fsp3) is 0.136. The van der Waals surface area contributed by atoms with Crippen LogP contribution in [0.2, 0.25) is 0 Å². The van der Waals surface area contributed by atoms with Crippen molar-refractivity contribution in [1.29, 1.82) is 0 Å². The van der Waals surface area contributed by atoms with Crippen LogP contribution in [0.5, 0.6) is 5.75 Å². The lowest BCUT2D eigenvalue weighted by atomic mass is 10.1.